The third-order valence-corrected chi connectivity index (χ3v) is 2.93. The minimum absolute atomic E-state index is 0.0341. The molecule has 3 N–H and O–H groups in total. The quantitative estimate of drug-likeness (QED) is 0.790. The van der Waals surface area contributed by atoms with Gasteiger partial charge in [-0.15, -0.1) is 0 Å². The molecule has 1 atom stereocenters. The van der Waals surface area contributed by atoms with Crippen LogP contribution in [0.4, 0.5) is 0 Å². The van der Waals surface area contributed by atoms with Crippen LogP contribution in [0.2, 0.25) is 0 Å². The molecule has 2 rings (SSSR count). The number of hydrogen-bond donors (Lipinski definition) is 2. The summed E-state index contributed by atoms with van der Waals surface area (Å²) in [6, 6.07) is 9.22. The minimum atomic E-state index is -0.205. The topological polar surface area (TPSA) is 67.6 Å². The highest BCUT2D eigenvalue weighted by Gasteiger charge is 2.16. The molecule has 98 valence electrons. The van der Waals surface area contributed by atoms with Crippen molar-refractivity contribution in [2.24, 2.45) is 5.73 Å². The predicted octanol–water partition coefficient (Wildman–Crippen LogP) is 0.0334. The average Bonchev–Trinajstić information content (AvgIpc) is 2.40. The van der Waals surface area contributed by atoms with Gasteiger partial charge in [0.25, 0.3) is 5.91 Å². The largest absolute Gasteiger partial charge is 0.361 e. The maximum absolute atomic E-state index is 11.8. The van der Waals surface area contributed by atoms with Crippen LogP contribution < -0.4 is 11.1 Å². The molecule has 1 aromatic carbocycles. The van der Waals surface area contributed by atoms with Gasteiger partial charge in [-0.3, -0.25) is 9.69 Å². The number of nitrogens with one attached hydrogen (secondary N) is 1. The van der Waals surface area contributed by atoms with Gasteiger partial charge >= 0.3 is 0 Å². The summed E-state index contributed by atoms with van der Waals surface area (Å²) in [7, 11) is 0. The standard InChI is InChI=1S/C13H19N3O2/c14-12-10-16(8-9-18-12)7-6-15-13(17)11-4-2-1-3-5-11/h1-5,12H,6-10,14H2,(H,15,17). The molecular weight excluding hydrogens is 230 g/mol. The van der Waals surface area contributed by atoms with Crippen LogP contribution in [0.25, 0.3) is 0 Å². The number of nitrogens with zero attached hydrogens (tertiary/aromatic N) is 1. The molecule has 0 aromatic heterocycles. The first-order valence-corrected chi connectivity index (χ1v) is 6.18. The number of benzene rings is 1. The summed E-state index contributed by atoms with van der Waals surface area (Å²) in [5, 5.41) is 2.90. The smallest absolute Gasteiger partial charge is 0.251 e. The highest BCUT2D eigenvalue weighted by molar-refractivity contribution is 5.94. The van der Waals surface area contributed by atoms with Gasteiger partial charge in [0.15, 0.2) is 0 Å². The summed E-state index contributed by atoms with van der Waals surface area (Å²) >= 11 is 0. The molecule has 1 amide bonds. The fraction of sp³-hybridized carbons (Fsp3) is 0.462. The lowest BCUT2D eigenvalue weighted by molar-refractivity contribution is -0.0239. The van der Waals surface area contributed by atoms with E-state index in [9.17, 15) is 4.79 Å². The number of ether oxygens (including phenoxy) is 1. The van der Waals surface area contributed by atoms with Gasteiger partial charge in [0.1, 0.15) is 6.23 Å². The predicted molar refractivity (Wildman–Crippen MR) is 69.1 cm³/mol. The van der Waals surface area contributed by atoms with Gasteiger partial charge in [-0.05, 0) is 12.1 Å². The molecule has 0 saturated carbocycles. The zero-order chi connectivity index (χ0) is 12.8. The van der Waals surface area contributed by atoms with E-state index in [1.54, 1.807) is 12.1 Å². The molecule has 0 bridgehead atoms. The average molecular weight is 249 g/mol. The molecule has 0 aliphatic carbocycles. The number of nitrogens with two attached hydrogens (primary N) is 1. The molecule has 1 unspecified atom stereocenters. The molecule has 1 fully saturated rings. The highest BCUT2D eigenvalue weighted by Crippen LogP contribution is 2.00. The number of rotatable bonds is 4. The number of amides is 1. The van der Waals surface area contributed by atoms with Gasteiger partial charge in [-0.25, -0.2) is 0 Å². The Kier molecular flexibility index (Phi) is 4.69. The van der Waals surface area contributed by atoms with Crippen LogP contribution in [0, 0.1) is 0 Å². The lowest BCUT2D eigenvalue weighted by Crippen LogP contribution is -2.48. The molecule has 5 nitrogen and oxygen atoms in total. The van der Waals surface area contributed by atoms with Crippen LogP contribution in [-0.2, 0) is 4.74 Å². The molecular formula is C13H19N3O2. The van der Waals surface area contributed by atoms with E-state index in [0.29, 0.717) is 18.7 Å². The third kappa shape index (κ3) is 3.80. The molecule has 5 heteroatoms. The van der Waals surface area contributed by atoms with Crippen molar-refractivity contribution in [3.8, 4) is 0 Å². The van der Waals surface area contributed by atoms with Crippen LogP contribution in [0.1, 0.15) is 10.4 Å². The van der Waals surface area contributed by atoms with Crippen LogP contribution >= 0.6 is 0 Å². The lowest BCUT2D eigenvalue weighted by Gasteiger charge is -2.30. The van der Waals surface area contributed by atoms with E-state index in [1.165, 1.54) is 0 Å². The van der Waals surface area contributed by atoms with Gasteiger partial charge in [-0.1, -0.05) is 18.2 Å². The van der Waals surface area contributed by atoms with Crippen molar-refractivity contribution in [1.29, 1.82) is 0 Å². The Morgan fingerprint density at radius 3 is 2.94 bits per heavy atom. The SMILES string of the molecule is NC1CN(CCNC(=O)c2ccccc2)CCO1. The van der Waals surface area contributed by atoms with E-state index in [0.717, 1.165) is 19.6 Å². The van der Waals surface area contributed by atoms with Crippen LogP contribution in [-0.4, -0.2) is 49.8 Å². The molecule has 0 radical (unpaired) electrons. The van der Waals surface area contributed by atoms with E-state index in [-0.39, 0.29) is 12.1 Å². The van der Waals surface area contributed by atoms with E-state index in [1.807, 2.05) is 18.2 Å². The summed E-state index contributed by atoms with van der Waals surface area (Å²) in [4.78, 5) is 14.0. The number of carbonyl (C=O) groups excluding carboxylic acids is 1. The van der Waals surface area contributed by atoms with Crippen molar-refractivity contribution in [2.75, 3.05) is 32.8 Å². The van der Waals surface area contributed by atoms with Crippen molar-refractivity contribution in [3.05, 3.63) is 35.9 Å². The third-order valence-electron chi connectivity index (χ3n) is 2.93. The monoisotopic (exact) mass is 249 g/mol. The Hall–Kier alpha value is -1.43. The minimum Gasteiger partial charge on any atom is -0.361 e. The molecule has 1 heterocycles. The van der Waals surface area contributed by atoms with E-state index in [2.05, 4.69) is 10.2 Å². The van der Waals surface area contributed by atoms with Gasteiger partial charge < -0.3 is 15.8 Å². The fourth-order valence-electron chi connectivity index (χ4n) is 1.95. The van der Waals surface area contributed by atoms with Crippen molar-refractivity contribution in [2.45, 2.75) is 6.23 Å². The Morgan fingerprint density at radius 2 is 2.22 bits per heavy atom. The summed E-state index contributed by atoms with van der Waals surface area (Å²) < 4.78 is 5.25. The second-order valence-corrected chi connectivity index (χ2v) is 4.33. The lowest BCUT2D eigenvalue weighted by atomic mass is 10.2. The first kappa shape index (κ1) is 13.0. The van der Waals surface area contributed by atoms with Crippen molar-refractivity contribution < 1.29 is 9.53 Å². The van der Waals surface area contributed by atoms with Gasteiger partial charge in [0, 0.05) is 31.7 Å². The zero-order valence-electron chi connectivity index (χ0n) is 10.3. The summed E-state index contributed by atoms with van der Waals surface area (Å²) in [6.45, 7) is 3.68. The molecule has 1 aromatic rings. The van der Waals surface area contributed by atoms with Crippen LogP contribution in [0.3, 0.4) is 0 Å². The Labute approximate surface area is 107 Å². The van der Waals surface area contributed by atoms with E-state index in [4.69, 9.17) is 10.5 Å². The molecule has 18 heavy (non-hydrogen) atoms. The van der Waals surface area contributed by atoms with Gasteiger partial charge in [-0.2, -0.15) is 0 Å². The Morgan fingerprint density at radius 1 is 1.44 bits per heavy atom. The van der Waals surface area contributed by atoms with Crippen LogP contribution in [0.15, 0.2) is 30.3 Å². The summed E-state index contributed by atoms with van der Waals surface area (Å²) in [5.41, 5.74) is 6.39. The van der Waals surface area contributed by atoms with Crippen molar-refractivity contribution in [3.63, 3.8) is 0 Å². The molecule has 1 aliphatic rings. The zero-order valence-corrected chi connectivity index (χ0v) is 10.3. The first-order valence-electron chi connectivity index (χ1n) is 6.18. The number of hydrogen-bond acceptors (Lipinski definition) is 4. The maximum Gasteiger partial charge on any atom is 0.251 e. The van der Waals surface area contributed by atoms with Crippen molar-refractivity contribution >= 4 is 5.91 Å². The molecule has 1 saturated heterocycles. The van der Waals surface area contributed by atoms with Gasteiger partial charge in [0.2, 0.25) is 0 Å². The first-order chi connectivity index (χ1) is 8.75. The maximum atomic E-state index is 11.8. The highest BCUT2D eigenvalue weighted by atomic mass is 16.5. The van der Waals surface area contributed by atoms with Crippen molar-refractivity contribution in [1.82, 2.24) is 10.2 Å². The van der Waals surface area contributed by atoms with Crippen LogP contribution in [0.5, 0.6) is 0 Å². The second kappa shape index (κ2) is 6.49. The fourth-order valence-corrected chi connectivity index (χ4v) is 1.95. The Balaban J connectivity index is 1.70. The van der Waals surface area contributed by atoms with Gasteiger partial charge in [0.05, 0.1) is 6.61 Å². The molecule has 0 spiro atoms. The second-order valence-electron chi connectivity index (χ2n) is 4.33. The Bertz CT molecular complexity index is 383. The normalized spacial score (nSPS) is 20.6. The number of carbonyl (C=O) groups is 1. The summed E-state index contributed by atoms with van der Waals surface area (Å²) in [5.74, 6) is -0.0341. The van der Waals surface area contributed by atoms with E-state index < -0.39 is 0 Å². The van der Waals surface area contributed by atoms with E-state index >= 15 is 0 Å². The summed E-state index contributed by atoms with van der Waals surface area (Å²) in [6.07, 6.45) is -0.205. The number of morpholine rings is 1. The molecule has 1 aliphatic heterocycles.